The largest absolute Gasteiger partial charge is 0.341 e. The molecule has 1 heterocycles. The predicted octanol–water partition coefficient (Wildman–Crippen LogP) is 5.82. The van der Waals surface area contributed by atoms with Gasteiger partial charge in [0.1, 0.15) is 0 Å². The van der Waals surface area contributed by atoms with Crippen LogP contribution in [0.5, 0.6) is 0 Å². The molecule has 2 aromatic carbocycles. The van der Waals surface area contributed by atoms with Gasteiger partial charge in [0.2, 0.25) is 0 Å². The van der Waals surface area contributed by atoms with E-state index in [0.717, 1.165) is 13.0 Å². The van der Waals surface area contributed by atoms with E-state index in [0.29, 0.717) is 0 Å². The average Bonchev–Trinajstić information content (AvgIpc) is 2.88. The quantitative estimate of drug-likeness (QED) is 0.567. The highest BCUT2D eigenvalue weighted by atomic mass is 35.5. The van der Waals surface area contributed by atoms with Crippen LogP contribution in [0.3, 0.4) is 0 Å². The van der Waals surface area contributed by atoms with Gasteiger partial charge in [0.15, 0.2) is 0 Å². The standard InChI is InChI=1S/C20H26N2.ClH/c1-3-5-6-10-18(21)15-12-13-20-17(14-15)16-9-7-8-11-19(16)22(20)4-2;/h7-9,11-14,18H,3-6,10,21H2,1-2H3;1H/t18-;/m0./s1. The normalized spacial score (nSPS) is 12.5. The monoisotopic (exact) mass is 330 g/mol. The summed E-state index contributed by atoms with van der Waals surface area (Å²) in [5.41, 5.74) is 10.3. The zero-order valence-electron chi connectivity index (χ0n) is 14.1. The summed E-state index contributed by atoms with van der Waals surface area (Å²) in [5, 5.41) is 2.67. The highest BCUT2D eigenvalue weighted by Gasteiger charge is 2.12. The van der Waals surface area contributed by atoms with E-state index >= 15 is 0 Å². The summed E-state index contributed by atoms with van der Waals surface area (Å²) in [6.07, 6.45) is 4.80. The molecule has 0 fully saturated rings. The van der Waals surface area contributed by atoms with Crippen molar-refractivity contribution in [3.63, 3.8) is 0 Å². The second-order valence-corrected chi connectivity index (χ2v) is 6.14. The van der Waals surface area contributed by atoms with Gasteiger partial charge in [0.25, 0.3) is 0 Å². The Morgan fingerprint density at radius 1 is 0.957 bits per heavy atom. The molecule has 0 saturated carbocycles. The average molecular weight is 331 g/mol. The summed E-state index contributed by atoms with van der Waals surface area (Å²) >= 11 is 0. The fraction of sp³-hybridized carbons (Fsp3) is 0.400. The van der Waals surface area contributed by atoms with Crippen LogP contribution < -0.4 is 5.73 Å². The minimum Gasteiger partial charge on any atom is -0.341 e. The number of benzene rings is 2. The first-order valence-corrected chi connectivity index (χ1v) is 8.52. The van der Waals surface area contributed by atoms with Crippen LogP contribution in [-0.2, 0) is 6.54 Å². The zero-order chi connectivity index (χ0) is 15.5. The Hall–Kier alpha value is -1.51. The molecule has 124 valence electrons. The molecule has 2 N–H and O–H groups in total. The first-order chi connectivity index (χ1) is 10.8. The van der Waals surface area contributed by atoms with Crippen molar-refractivity contribution in [2.75, 3.05) is 0 Å². The molecule has 0 bridgehead atoms. The van der Waals surface area contributed by atoms with Crippen LogP contribution in [0.15, 0.2) is 42.5 Å². The second kappa shape index (κ2) is 7.85. The number of hydrogen-bond acceptors (Lipinski definition) is 1. The molecule has 0 aliphatic heterocycles. The Bertz CT molecular complexity index is 776. The highest BCUT2D eigenvalue weighted by Crippen LogP contribution is 2.31. The first kappa shape index (κ1) is 17.8. The number of nitrogens with two attached hydrogens (primary N) is 1. The number of aryl methyl sites for hydroxylation is 1. The maximum atomic E-state index is 6.40. The molecule has 0 saturated heterocycles. The van der Waals surface area contributed by atoms with E-state index < -0.39 is 0 Å². The summed E-state index contributed by atoms with van der Waals surface area (Å²) in [6, 6.07) is 15.6. The fourth-order valence-corrected chi connectivity index (χ4v) is 3.42. The lowest BCUT2D eigenvalue weighted by Crippen LogP contribution is -2.10. The van der Waals surface area contributed by atoms with Gasteiger partial charge in [-0.15, -0.1) is 12.4 Å². The third-order valence-corrected chi connectivity index (χ3v) is 4.66. The molecule has 23 heavy (non-hydrogen) atoms. The summed E-state index contributed by atoms with van der Waals surface area (Å²) in [7, 11) is 0. The zero-order valence-corrected chi connectivity index (χ0v) is 14.9. The number of unbranched alkanes of at least 4 members (excludes halogenated alkanes) is 2. The van der Waals surface area contributed by atoms with E-state index in [1.807, 2.05) is 0 Å². The number of fused-ring (bicyclic) bond motifs is 3. The molecule has 3 aromatic rings. The highest BCUT2D eigenvalue weighted by molar-refractivity contribution is 6.08. The minimum atomic E-state index is 0. The smallest absolute Gasteiger partial charge is 0.0491 e. The van der Waals surface area contributed by atoms with E-state index in [1.54, 1.807) is 0 Å². The lowest BCUT2D eigenvalue weighted by molar-refractivity contribution is 0.581. The third-order valence-electron chi connectivity index (χ3n) is 4.66. The maximum Gasteiger partial charge on any atom is 0.0491 e. The minimum absolute atomic E-state index is 0. The van der Waals surface area contributed by atoms with E-state index in [4.69, 9.17) is 5.73 Å². The first-order valence-electron chi connectivity index (χ1n) is 8.52. The van der Waals surface area contributed by atoms with Crippen LogP contribution in [0.2, 0.25) is 0 Å². The van der Waals surface area contributed by atoms with Crippen molar-refractivity contribution in [3.05, 3.63) is 48.0 Å². The van der Waals surface area contributed by atoms with Crippen molar-refractivity contribution in [2.45, 2.75) is 52.1 Å². The van der Waals surface area contributed by atoms with E-state index in [2.05, 4.69) is 60.9 Å². The Kier molecular flexibility index (Phi) is 6.09. The summed E-state index contributed by atoms with van der Waals surface area (Å²) in [6.45, 7) is 5.43. The van der Waals surface area contributed by atoms with E-state index in [1.165, 1.54) is 46.6 Å². The Morgan fingerprint density at radius 3 is 2.43 bits per heavy atom. The fourth-order valence-electron chi connectivity index (χ4n) is 3.42. The molecule has 1 aromatic heterocycles. The summed E-state index contributed by atoms with van der Waals surface area (Å²) < 4.78 is 2.39. The molecule has 3 rings (SSSR count). The van der Waals surface area contributed by atoms with Crippen molar-refractivity contribution in [3.8, 4) is 0 Å². The van der Waals surface area contributed by atoms with Crippen LogP contribution in [0, 0.1) is 0 Å². The van der Waals surface area contributed by atoms with Gasteiger partial charge in [0, 0.05) is 34.4 Å². The molecule has 0 spiro atoms. The van der Waals surface area contributed by atoms with Gasteiger partial charge >= 0.3 is 0 Å². The maximum absolute atomic E-state index is 6.40. The topological polar surface area (TPSA) is 30.9 Å². The molecule has 3 heteroatoms. The van der Waals surface area contributed by atoms with Crippen LogP contribution in [-0.4, -0.2) is 4.57 Å². The molecule has 0 unspecified atom stereocenters. The van der Waals surface area contributed by atoms with E-state index in [9.17, 15) is 0 Å². The van der Waals surface area contributed by atoms with Gasteiger partial charge < -0.3 is 10.3 Å². The van der Waals surface area contributed by atoms with Crippen molar-refractivity contribution in [1.82, 2.24) is 4.57 Å². The van der Waals surface area contributed by atoms with Gasteiger partial charge in [-0.3, -0.25) is 0 Å². The van der Waals surface area contributed by atoms with Crippen molar-refractivity contribution in [1.29, 1.82) is 0 Å². The Morgan fingerprint density at radius 2 is 1.70 bits per heavy atom. The molecule has 0 amide bonds. The van der Waals surface area contributed by atoms with Gasteiger partial charge in [0.05, 0.1) is 0 Å². The predicted molar refractivity (Wildman–Crippen MR) is 103 cm³/mol. The van der Waals surface area contributed by atoms with Gasteiger partial charge in [-0.1, -0.05) is 50.5 Å². The van der Waals surface area contributed by atoms with Crippen LogP contribution in [0.1, 0.15) is 51.1 Å². The molecule has 0 aliphatic rings. The van der Waals surface area contributed by atoms with Crippen molar-refractivity contribution >= 4 is 34.2 Å². The molecular formula is C20H27ClN2. The van der Waals surface area contributed by atoms with Crippen LogP contribution >= 0.6 is 12.4 Å². The van der Waals surface area contributed by atoms with Crippen molar-refractivity contribution < 1.29 is 0 Å². The van der Waals surface area contributed by atoms with Crippen LogP contribution in [0.25, 0.3) is 21.8 Å². The number of hydrogen-bond donors (Lipinski definition) is 1. The molecule has 0 radical (unpaired) electrons. The Labute approximate surface area is 145 Å². The molecule has 0 aliphatic carbocycles. The third kappa shape index (κ3) is 3.39. The van der Waals surface area contributed by atoms with Gasteiger partial charge in [-0.2, -0.15) is 0 Å². The summed E-state index contributed by atoms with van der Waals surface area (Å²) in [5.74, 6) is 0. The van der Waals surface area contributed by atoms with Gasteiger partial charge in [-0.05, 0) is 37.1 Å². The lowest BCUT2D eigenvalue weighted by Gasteiger charge is -2.12. The Balaban J connectivity index is 0.00000192. The van der Waals surface area contributed by atoms with Crippen LogP contribution in [0.4, 0.5) is 0 Å². The number of para-hydroxylation sites is 1. The van der Waals surface area contributed by atoms with Gasteiger partial charge in [-0.25, -0.2) is 0 Å². The SMILES string of the molecule is CCCCC[C@H](N)c1ccc2c(c1)c1ccccc1n2CC.Cl. The summed E-state index contributed by atoms with van der Waals surface area (Å²) in [4.78, 5) is 0. The molecular weight excluding hydrogens is 304 g/mol. The number of aromatic nitrogens is 1. The molecule has 2 nitrogen and oxygen atoms in total. The van der Waals surface area contributed by atoms with Crippen molar-refractivity contribution in [2.24, 2.45) is 5.73 Å². The lowest BCUT2D eigenvalue weighted by atomic mass is 9.99. The molecule has 1 atom stereocenters. The number of halogens is 1. The number of rotatable bonds is 6. The second-order valence-electron chi connectivity index (χ2n) is 6.14. The number of nitrogens with zero attached hydrogens (tertiary/aromatic N) is 1. The van der Waals surface area contributed by atoms with E-state index in [-0.39, 0.29) is 18.4 Å².